The van der Waals surface area contributed by atoms with Crippen LogP contribution in [0.15, 0.2) is 60.2 Å². The maximum atomic E-state index is 12.7. The van der Waals surface area contributed by atoms with E-state index in [2.05, 4.69) is 25.2 Å². The Morgan fingerprint density at radius 3 is 2.56 bits per heavy atom. The van der Waals surface area contributed by atoms with Crippen molar-refractivity contribution in [1.29, 1.82) is 5.26 Å². The predicted octanol–water partition coefficient (Wildman–Crippen LogP) is 6.65. The fourth-order valence-electron chi connectivity index (χ4n) is 3.47. The average Bonchev–Trinajstić information content (AvgIpc) is 2.83. The number of halogens is 1. The molecule has 6 heteroatoms. The van der Waals surface area contributed by atoms with E-state index in [9.17, 15) is 10.1 Å². The summed E-state index contributed by atoms with van der Waals surface area (Å²) < 4.78 is 11.4. The van der Waals surface area contributed by atoms with Crippen molar-refractivity contribution in [3.05, 3.63) is 93.0 Å². The van der Waals surface area contributed by atoms with E-state index in [0.717, 1.165) is 17.5 Å². The lowest BCUT2D eigenvalue weighted by molar-refractivity contribution is -0.112. The zero-order chi connectivity index (χ0) is 24.7. The normalized spacial score (nSPS) is 11.0. The van der Waals surface area contributed by atoms with Gasteiger partial charge in [-0.2, -0.15) is 5.26 Å². The Hall–Kier alpha value is -3.75. The summed E-state index contributed by atoms with van der Waals surface area (Å²) in [4.78, 5) is 12.7. The summed E-state index contributed by atoms with van der Waals surface area (Å²) in [6.45, 7) is 6.45. The molecule has 0 radical (unpaired) electrons. The maximum absolute atomic E-state index is 12.7. The highest BCUT2D eigenvalue weighted by molar-refractivity contribution is 6.32. The minimum Gasteiger partial charge on any atom is -0.493 e. The van der Waals surface area contributed by atoms with Crippen molar-refractivity contribution in [3.8, 4) is 17.6 Å². The highest BCUT2D eigenvalue weighted by atomic mass is 35.5. The molecule has 0 unspecified atom stereocenters. The molecule has 0 atom stereocenters. The molecule has 0 aromatic heterocycles. The number of nitriles is 1. The fraction of sp³-hybridized carbons (Fsp3) is 0.214. The Labute approximate surface area is 205 Å². The van der Waals surface area contributed by atoms with Crippen molar-refractivity contribution < 1.29 is 14.3 Å². The fourth-order valence-corrected chi connectivity index (χ4v) is 3.74. The summed E-state index contributed by atoms with van der Waals surface area (Å²) in [5.41, 5.74) is 5.59. The van der Waals surface area contributed by atoms with E-state index < -0.39 is 5.91 Å². The number of methoxy groups -OCH3 is 1. The molecule has 0 bridgehead atoms. The highest BCUT2D eigenvalue weighted by Gasteiger charge is 2.15. The molecule has 1 N–H and O–H groups in total. The van der Waals surface area contributed by atoms with Gasteiger partial charge in [-0.05, 0) is 72.4 Å². The van der Waals surface area contributed by atoms with Gasteiger partial charge in [0.2, 0.25) is 0 Å². The molecular formula is C28H27ClN2O3. The first-order valence-corrected chi connectivity index (χ1v) is 11.3. The Kier molecular flexibility index (Phi) is 8.34. The van der Waals surface area contributed by atoms with Crippen molar-refractivity contribution in [2.75, 3.05) is 12.4 Å². The van der Waals surface area contributed by atoms with Gasteiger partial charge >= 0.3 is 0 Å². The summed E-state index contributed by atoms with van der Waals surface area (Å²) in [5.74, 6) is 0.324. The van der Waals surface area contributed by atoms with Crippen LogP contribution in [0.3, 0.4) is 0 Å². The summed E-state index contributed by atoms with van der Waals surface area (Å²) >= 11 is 6.49. The second kappa shape index (κ2) is 11.4. The van der Waals surface area contributed by atoms with Gasteiger partial charge in [-0.15, -0.1) is 0 Å². The van der Waals surface area contributed by atoms with Crippen LogP contribution in [0.4, 0.5) is 5.69 Å². The van der Waals surface area contributed by atoms with Crippen LogP contribution in [0.1, 0.15) is 34.7 Å². The Morgan fingerprint density at radius 1 is 1.12 bits per heavy atom. The third-order valence-corrected chi connectivity index (χ3v) is 5.81. The number of carbonyl (C=O) groups is 1. The van der Waals surface area contributed by atoms with Crippen LogP contribution in [-0.2, 0) is 17.8 Å². The molecule has 0 saturated carbocycles. The third kappa shape index (κ3) is 5.98. The van der Waals surface area contributed by atoms with Gasteiger partial charge in [0.25, 0.3) is 5.91 Å². The van der Waals surface area contributed by atoms with Gasteiger partial charge in [-0.1, -0.05) is 54.9 Å². The van der Waals surface area contributed by atoms with E-state index in [0.29, 0.717) is 34.4 Å². The van der Waals surface area contributed by atoms with Crippen LogP contribution < -0.4 is 14.8 Å². The van der Waals surface area contributed by atoms with Crippen LogP contribution >= 0.6 is 11.6 Å². The molecule has 174 valence electrons. The summed E-state index contributed by atoms with van der Waals surface area (Å²) in [6.07, 6.45) is 2.24. The Bertz CT molecular complexity index is 1280. The molecule has 0 aliphatic carbocycles. The topological polar surface area (TPSA) is 71.4 Å². The van der Waals surface area contributed by atoms with E-state index in [-0.39, 0.29) is 5.57 Å². The minimum absolute atomic E-state index is 0.0483. The Morgan fingerprint density at radius 2 is 1.88 bits per heavy atom. The van der Waals surface area contributed by atoms with Gasteiger partial charge < -0.3 is 14.8 Å². The predicted molar refractivity (Wildman–Crippen MR) is 136 cm³/mol. The van der Waals surface area contributed by atoms with Crippen LogP contribution in [0.5, 0.6) is 11.5 Å². The monoisotopic (exact) mass is 474 g/mol. The van der Waals surface area contributed by atoms with Crippen LogP contribution in [0.25, 0.3) is 6.08 Å². The van der Waals surface area contributed by atoms with Crippen LogP contribution in [-0.4, -0.2) is 13.0 Å². The Balaban J connectivity index is 1.83. The molecular weight excluding hydrogens is 448 g/mol. The second-order valence-electron chi connectivity index (χ2n) is 7.88. The molecule has 3 aromatic rings. The number of ether oxygens (including phenoxy) is 2. The first kappa shape index (κ1) is 24.9. The molecule has 0 fully saturated rings. The zero-order valence-corrected chi connectivity index (χ0v) is 20.5. The molecule has 5 nitrogen and oxygen atoms in total. The smallest absolute Gasteiger partial charge is 0.266 e. The number of amides is 1. The number of nitrogens with one attached hydrogen (secondary N) is 1. The lowest BCUT2D eigenvalue weighted by Gasteiger charge is -2.14. The van der Waals surface area contributed by atoms with E-state index in [1.54, 1.807) is 12.1 Å². The summed E-state index contributed by atoms with van der Waals surface area (Å²) in [7, 11) is 1.52. The molecule has 0 aliphatic rings. The van der Waals surface area contributed by atoms with Crippen molar-refractivity contribution in [1.82, 2.24) is 0 Å². The number of hydrogen-bond acceptors (Lipinski definition) is 4. The standard InChI is InChI=1S/C28H27ClN2O3/c1-5-22-8-6-7-9-25(22)31-28(32)23(16-30)13-21-14-24(29)27(26(15-21)33-4)34-17-20-11-10-18(2)19(3)12-20/h6-15H,5,17H2,1-4H3,(H,31,32)/b23-13+. The number of carbonyl (C=O) groups excluding carboxylic acids is 1. The number of benzene rings is 3. The number of para-hydroxylation sites is 1. The van der Waals surface area contributed by atoms with Crippen LogP contribution in [0, 0.1) is 25.2 Å². The largest absolute Gasteiger partial charge is 0.493 e. The number of rotatable bonds is 8. The van der Waals surface area contributed by atoms with Crippen LogP contribution in [0.2, 0.25) is 5.02 Å². The van der Waals surface area contributed by atoms with Gasteiger partial charge in [-0.25, -0.2) is 0 Å². The first-order chi connectivity index (χ1) is 16.4. The van der Waals surface area contributed by atoms with E-state index in [1.807, 2.05) is 49.4 Å². The molecule has 0 aliphatic heterocycles. The lowest BCUT2D eigenvalue weighted by Crippen LogP contribution is -2.14. The average molecular weight is 475 g/mol. The quantitative estimate of drug-likeness (QED) is 0.293. The molecule has 0 saturated heterocycles. The van der Waals surface area contributed by atoms with Gasteiger partial charge in [-0.3, -0.25) is 4.79 Å². The third-order valence-electron chi connectivity index (χ3n) is 5.53. The lowest BCUT2D eigenvalue weighted by atomic mass is 10.1. The van der Waals surface area contributed by atoms with E-state index >= 15 is 0 Å². The van der Waals surface area contributed by atoms with Gasteiger partial charge in [0, 0.05) is 5.69 Å². The number of aryl methyl sites for hydroxylation is 3. The molecule has 0 heterocycles. The highest BCUT2D eigenvalue weighted by Crippen LogP contribution is 2.37. The maximum Gasteiger partial charge on any atom is 0.266 e. The van der Waals surface area contributed by atoms with Gasteiger partial charge in [0.05, 0.1) is 12.1 Å². The SMILES string of the molecule is CCc1ccccc1NC(=O)/C(C#N)=C/c1cc(Cl)c(OCc2ccc(C)c(C)c2)c(OC)c1. The van der Waals surface area contributed by atoms with Gasteiger partial charge in [0.1, 0.15) is 18.2 Å². The molecule has 0 spiro atoms. The van der Waals surface area contributed by atoms with Crippen molar-refractivity contribution in [2.45, 2.75) is 33.8 Å². The first-order valence-electron chi connectivity index (χ1n) is 10.9. The molecule has 1 amide bonds. The number of hydrogen-bond donors (Lipinski definition) is 1. The van der Waals surface area contributed by atoms with E-state index in [4.69, 9.17) is 21.1 Å². The zero-order valence-electron chi connectivity index (χ0n) is 19.7. The number of anilines is 1. The van der Waals surface area contributed by atoms with Crippen molar-refractivity contribution >= 4 is 29.3 Å². The summed E-state index contributed by atoms with van der Waals surface area (Å²) in [6, 6.07) is 18.9. The molecule has 34 heavy (non-hydrogen) atoms. The van der Waals surface area contributed by atoms with Crippen molar-refractivity contribution in [3.63, 3.8) is 0 Å². The van der Waals surface area contributed by atoms with E-state index in [1.165, 1.54) is 24.3 Å². The molecule has 3 rings (SSSR count). The van der Waals surface area contributed by atoms with Crippen molar-refractivity contribution in [2.24, 2.45) is 0 Å². The number of nitrogens with zero attached hydrogens (tertiary/aromatic N) is 1. The minimum atomic E-state index is -0.492. The molecule has 3 aromatic carbocycles. The van der Waals surface area contributed by atoms with Gasteiger partial charge in [0.15, 0.2) is 11.5 Å². The summed E-state index contributed by atoms with van der Waals surface area (Å²) in [5, 5.41) is 12.7. The second-order valence-corrected chi connectivity index (χ2v) is 8.28.